The van der Waals surface area contributed by atoms with Crippen LogP contribution in [-0.2, 0) is 4.79 Å². The van der Waals surface area contributed by atoms with Gasteiger partial charge in [0.25, 0.3) is 11.8 Å². The monoisotopic (exact) mass is 365 g/mol. The fourth-order valence-electron chi connectivity index (χ4n) is 3.31. The van der Waals surface area contributed by atoms with E-state index >= 15 is 0 Å². The van der Waals surface area contributed by atoms with Crippen LogP contribution in [0.3, 0.4) is 0 Å². The zero-order valence-corrected chi connectivity index (χ0v) is 15.7. The Bertz CT molecular complexity index is 829. The fraction of sp³-hybridized carbons (Fsp3) is 0.333. The van der Waals surface area contributed by atoms with E-state index in [4.69, 9.17) is 0 Å². The van der Waals surface area contributed by atoms with Gasteiger partial charge in [0.2, 0.25) is 5.91 Å². The molecule has 0 fully saturated rings. The van der Waals surface area contributed by atoms with Gasteiger partial charge in [-0.15, -0.1) is 0 Å². The predicted molar refractivity (Wildman–Crippen MR) is 101 cm³/mol. The Kier molecular flexibility index (Phi) is 5.35. The normalized spacial score (nSPS) is 15.6. The molecule has 3 amide bonds. The molecule has 0 saturated heterocycles. The number of pyridine rings is 1. The van der Waals surface area contributed by atoms with Crippen LogP contribution in [0.15, 0.2) is 48.8 Å². The SMILES string of the molecule is CC(C)CC(C(=O)NC(C)c1ccncc1)N1C(=O)c2ccccc2C1=O. The number of nitrogens with zero attached hydrogens (tertiary/aromatic N) is 2. The Morgan fingerprint density at radius 2 is 1.56 bits per heavy atom. The van der Waals surface area contributed by atoms with Crippen LogP contribution < -0.4 is 5.32 Å². The molecule has 0 aliphatic carbocycles. The number of carbonyl (C=O) groups is 3. The summed E-state index contributed by atoms with van der Waals surface area (Å²) < 4.78 is 0. The van der Waals surface area contributed by atoms with E-state index in [1.807, 2.05) is 32.9 Å². The molecule has 6 heteroatoms. The summed E-state index contributed by atoms with van der Waals surface area (Å²) in [5.41, 5.74) is 1.61. The van der Waals surface area contributed by atoms with Gasteiger partial charge in [-0.2, -0.15) is 0 Å². The van der Waals surface area contributed by atoms with Crippen LogP contribution in [0.25, 0.3) is 0 Å². The summed E-state index contributed by atoms with van der Waals surface area (Å²) in [5, 5.41) is 2.93. The minimum absolute atomic E-state index is 0.140. The molecule has 2 heterocycles. The zero-order valence-electron chi connectivity index (χ0n) is 15.7. The summed E-state index contributed by atoms with van der Waals surface area (Å²) in [4.78, 5) is 43.7. The van der Waals surface area contributed by atoms with E-state index < -0.39 is 17.9 Å². The van der Waals surface area contributed by atoms with Gasteiger partial charge in [0.1, 0.15) is 6.04 Å². The van der Waals surface area contributed by atoms with Crippen LogP contribution in [0, 0.1) is 5.92 Å². The molecule has 1 N–H and O–H groups in total. The number of hydrogen-bond donors (Lipinski definition) is 1. The van der Waals surface area contributed by atoms with Gasteiger partial charge in [-0.3, -0.25) is 24.3 Å². The third-order valence-corrected chi connectivity index (χ3v) is 4.70. The van der Waals surface area contributed by atoms with Gasteiger partial charge >= 0.3 is 0 Å². The van der Waals surface area contributed by atoms with E-state index in [1.54, 1.807) is 36.7 Å². The van der Waals surface area contributed by atoms with E-state index in [9.17, 15) is 14.4 Å². The summed E-state index contributed by atoms with van der Waals surface area (Å²) in [5.74, 6) is -1.01. The molecule has 140 valence electrons. The van der Waals surface area contributed by atoms with Gasteiger partial charge in [0.05, 0.1) is 17.2 Å². The minimum Gasteiger partial charge on any atom is -0.348 e. The lowest BCUT2D eigenvalue weighted by Crippen LogP contribution is -2.50. The van der Waals surface area contributed by atoms with Gasteiger partial charge in [-0.05, 0) is 49.1 Å². The van der Waals surface area contributed by atoms with Gasteiger partial charge in [-0.1, -0.05) is 26.0 Å². The summed E-state index contributed by atoms with van der Waals surface area (Å²) in [6.45, 7) is 5.79. The first kappa shape index (κ1) is 18.8. The van der Waals surface area contributed by atoms with Crippen LogP contribution >= 0.6 is 0 Å². The van der Waals surface area contributed by atoms with Crippen molar-refractivity contribution >= 4 is 17.7 Å². The lowest BCUT2D eigenvalue weighted by molar-refractivity contribution is -0.126. The highest BCUT2D eigenvalue weighted by Gasteiger charge is 2.42. The van der Waals surface area contributed by atoms with Crippen molar-refractivity contribution in [2.45, 2.75) is 39.3 Å². The molecule has 1 aliphatic heterocycles. The molecule has 0 radical (unpaired) electrons. The van der Waals surface area contributed by atoms with E-state index in [-0.39, 0.29) is 17.9 Å². The number of aromatic nitrogens is 1. The number of hydrogen-bond acceptors (Lipinski definition) is 4. The summed E-state index contributed by atoms with van der Waals surface area (Å²) in [6.07, 6.45) is 3.72. The Balaban J connectivity index is 1.85. The van der Waals surface area contributed by atoms with Crippen LogP contribution in [0.2, 0.25) is 0 Å². The van der Waals surface area contributed by atoms with Crippen LogP contribution in [0.5, 0.6) is 0 Å². The highest BCUT2D eigenvalue weighted by Crippen LogP contribution is 2.27. The standard InChI is InChI=1S/C21H23N3O3/c1-13(2)12-18(19(25)23-14(3)15-8-10-22-11-9-15)24-20(26)16-6-4-5-7-17(16)21(24)27/h4-11,13-14,18H,12H2,1-3H3,(H,23,25). The van der Waals surface area contributed by atoms with E-state index in [1.165, 1.54) is 0 Å². The van der Waals surface area contributed by atoms with Crippen molar-refractivity contribution in [3.8, 4) is 0 Å². The third-order valence-electron chi connectivity index (χ3n) is 4.70. The topological polar surface area (TPSA) is 79.4 Å². The second kappa shape index (κ2) is 7.70. The maximum Gasteiger partial charge on any atom is 0.262 e. The molecular weight excluding hydrogens is 342 g/mol. The highest BCUT2D eigenvalue weighted by molar-refractivity contribution is 6.22. The van der Waals surface area contributed by atoms with Crippen molar-refractivity contribution < 1.29 is 14.4 Å². The number of benzene rings is 1. The maximum atomic E-state index is 13.0. The van der Waals surface area contributed by atoms with Crippen molar-refractivity contribution in [1.29, 1.82) is 0 Å². The zero-order chi connectivity index (χ0) is 19.6. The van der Waals surface area contributed by atoms with Crippen molar-refractivity contribution in [3.05, 3.63) is 65.5 Å². The van der Waals surface area contributed by atoms with Gasteiger partial charge in [0.15, 0.2) is 0 Å². The van der Waals surface area contributed by atoms with Crippen molar-refractivity contribution in [3.63, 3.8) is 0 Å². The quantitative estimate of drug-likeness (QED) is 0.798. The van der Waals surface area contributed by atoms with E-state index in [2.05, 4.69) is 10.3 Å². The average molecular weight is 365 g/mol. The van der Waals surface area contributed by atoms with Gasteiger partial charge in [0, 0.05) is 12.4 Å². The first-order valence-corrected chi connectivity index (χ1v) is 9.07. The number of imide groups is 1. The molecule has 2 unspecified atom stereocenters. The van der Waals surface area contributed by atoms with Gasteiger partial charge < -0.3 is 5.32 Å². The van der Waals surface area contributed by atoms with E-state index in [0.717, 1.165) is 10.5 Å². The maximum absolute atomic E-state index is 13.0. The Morgan fingerprint density at radius 3 is 2.07 bits per heavy atom. The Labute approximate surface area is 158 Å². The number of rotatable bonds is 6. The van der Waals surface area contributed by atoms with E-state index in [0.29, 0.717) is 17.5 Å². The number of fused-ring (bicyclic) bond motifs is 1. The lowest BCUT2D eigenvalue weighted by Gasteiger charge is -2.28. The molecular formula is C21H23N3O3. The molecule has 0 saturated carbocycles. The summed E-state index contributed by atoms with van der Waals surface area (Å²) in [6, 6.07) is 9.23. The Morgan fingerprint density at radius 1 is 1.00 bits per heavy atom. The fourth-order valence-corrected chi connectivity index (χ4v) is 3.31. The summed E-state index contributed by atoms with van der Waals surface area (Å²) >= 11 is 0. The molecule has 2 atom stereocenters. The first-order valence-electron chi connectivity index (χ1n) is 9.07. The van der Waals surface area contributed by atoms with Crippen LogP contribution in [-0.4, -0.2) is 33.6 Å². The molecule has 0 spiro atoms. The number of amides is 3. The van der Waals surface area contributed by atoms with Crippen molar-refractivity contribution in [1.82, 2.24) is 15.2 Å². The molecule has 27 heavy (non-hydrogen) atoms. The molecule has 1 aliphatic rings. The molecule has 1 aromatic heterocycles. The Hall–Kier alpha value is -3.02. The number of carbonyl (C=O) groups excluding carboxylic acids is 3. The predicted octanol–water partition coefficient (Wildman–Crippen LogP) is 2.97. The first-order chi connectivity index (χ1) is 12.9. The van der Waals surface area contributed by atoms with Crippen LogP contribution in [0.1, 0.15) is 59.5 Å². The second-order valence-electron chi connectivity index (χ2n) is 7.18. The van der Waals surface area contributed by atoms with Crippen molar-refractivity contribution in [2.75, 3.05) is 0 Å². The smallest absolute Gasteiger partial charge is 0.262 e. The highest BCUT2D eigenvalue weighted by atomic mass is 16.2. The molecule has 0 bridgehead atoms. The molecule has 6 nitrogen and oxygen atoms in total. The average Bonchev–Trinajstić information content (AvgIpc) is 2.91. The largest absolute Gasteiger partial charge is 0.348 e. The lowest BCUT2D eigenvalue weighted by atomic mass is 10.0. The molecule has 1 aromatic carbocycles. The minimum atomic E-state index is -0.846. The third kappa shape index (κ3) is 3.74. The van der Waals surface area contributed by atoms with Crippen LogP contribution in [0.4, 0.5) is 0 Å². The summed E-state index contributed by atoms with van der Waals surface area (Å²) in [7, 11) is 0. The molecule has 3 rings (SSSR count). The van der Waals surface area contributed by atoms with Gasteiger partial charge in [-0.25, -0.2) is 0 Å². The second-order valence-corrected chi connectivity index (χ2v) is 7.18. The molecule has 2 aromatic rings. The van der Waals surface area contributed by atoms with Crippen molar-refractivity contribution in [2.24, 2.45) is 5.92 Å². The number of nitrogens with one attached hydrogen (secondary N) is 1.